The van der Waals surface area contributed by atoms with Crippen LogP contribution in [0.1, 0.15) is 31.9 Å². The SMILES string of the molecule is CCOCCCNC(C)c1ccc(OC(F)(F)F)cc1. The van der Waals surface area contributed by atoms with Gasteiger partial charge in [-0.15, -0.1) is 13.2 Å². The van der Waals surface area contributed by atoms with Gasteiger partial charge in [0.1, 0.15) is 5.75 Å². The Labute approximate surface area is 117 Å². The lowest BCUT2D eigenvalue weighted by Crippen LogP contribution is -2.21. The molecule has 20 heavy (non-hydrogen) atoms. The number of alkyl halides is 3. The summed E-state index contributed by atoms with van der Waals surface area (Å²) in [5.74, 6) is -0.204. The summed E-state index contributed by atoms with van der Waals surface area (Å²) < 4.78 is 45.1. The van der Waals surface area contributed by atoms with Crippen LogP contribution in [0.15, 0.2) is 24.3 Å². The second-order valence-corrected chi connectivity index (χ2v) is 4.34. The number of halogens is 3. The molecule has 0 aromatic heterocycles. The van der Waals surface area contributed by atoms with Crippen LogP contribution in [0.2, 0.25) is 0 Å². The second-order valence-electron chi connectivity index (χ2n) is 4.34. The molecular weight excluding hydrogens is 271 g/mol. The number of rotatable bonds is 8. The number of hydrogen-bond donors (Lipinski definition) is 1. The molecule has 1 N–H and O–H groups in total. The molecule has 0 amide bonds. The highest BCUT2D eigenvalue weighted by atomic mass is 19.4. The molecule has 1 unspecified atom stereocenters. The van der Waals surface area contributed by atoms with Crippen molar-refractivity contribution in [3.63, 3.8) is 0 Å². The predicted molar refractivity (Wildman–Crippen MR) is 70.7 cm³/mol. The minimum atomic E-state index is -4.65. The third-order valence-electron chi connectivity index (χ3n) is 2.73. The summed E-state index contributed by atoms with van der Waals surface area (Å²) in [5.41, 5.74) is 0.913. The molecule has 0 spiro atoms. The monoisotopic (exact) mass is 291 g/mol. The van der Waals surface area contributed by atoms with Crippen molar-refractivity contribution in [2.75, 3.05) is 19.8 Å². The summed E-state index contributed by atoms with van der Waals surface area (Å²) in [6.45, 7) is 6.10. The summed E-state index contributed by atoms with van der Waals surface area (Å²) in [4.78, 5) is 0. The van der Waals surface area contributed by atoms with Gasteiger partial charge in [-0.2, -0.15) is 0 Å². The lowest BCUT2D eigenvalue weighted by atomic mass is 10.1. The molecule has 1 aromatic carbocycles. The Kier molecular flexibility index (Phi) is 6.81. The molecule has 6 heteroatoms. The van der Waals surface area contributed by atoms with Gasteiger partial charge in [-0.1, -0.05) is 12.1 Å². The molecule has 3 nitrogen and oxygen atoms in total. The van der Waals surface area contributed by atoms with Gasteiger partial charge in [0.25, 0.3) is 0 Å². The lowest BCUT2D eigenvalue weighted by molar-refractivity contribution is -0.274. The summed E-state index contributed by atoms with van der Waals surface area (Å²) in [7, 11) is 0. The zero-order valence-corrected chi connectivity index (χ0v) is 11.7. The minimum Gasteiger partial charge on any atom is -0.406 e. The molecule has 0 fully saturated rings. The number of hydrogen-bond acceptors (Lipinski definition) is 3. The summed E-state index contributed by atoms with van der Waals surface area (Å²) in [6.07, 6.45) is -3.75. The fourth-order valence-electron chi connectivity index (χ4n) is 1.71. The van der Waals surface area contributed by atoms with E-state index in [9.17, 15) is 13.2 Å². The third kappa shape index (κ3) is 6.77. The van der Waals surface area contributed by atoms with Crippen LogP contribution < -0.4 is 10.1 Å². The van der Waals surface area contributed by atoms with E-state index in [1.54, 1.807) is 12.1 Å². The summed E-state index contributed by atoms with van der Waals surface area (Å²) in [6, 6.07) is 5.96. The first-order chi connectivity index (χ1) is 9.42. The van der Waals surface area contributed by atoms with Crippen LogP contribution in [0, 0.1) is 0 Å². The number of nitrogens with one attached hydrogen (secondary N) is 1. The Bertz CT molecular complexity index is 379. The molecule has 0 saturated carbocycles. The topological polar surface area (TPSA) is 30.5 Å². The maximum absolute atomic E-state index is 12.0. The largest absolute Gasteiger partial charge is 0.573 e. The zero-order chi connectivity index (χ0) is 15.0. The first-order valence-electron chi connectivity index (χ1n) is 6.59. The van der Waals surface area contributed by atoms with Crippen molar-refractivity contribution in [2.45, 2.75) is 32.7 Å². The third-order valence-corrected chi connectivity index (χ3v) is 2.73. The van der Waals surface area contributed by atoms with E-state index in [4.69, 9.17) is 4.74 Å². The highest BCUT2D eigenvalue weighted by Crippen LogP contribution is 2.24. The van der Waals surface area contributed by atoms with Gasteiger partial charge in [0.2, 0.25) is 0 Å². The van der Waals surface area contributed by atoms with Crippen molar-refractivity contribution in [1.29, 1.82) is 0 Å². The molecule has 0 bridgehead atoms. The molecule has 0 aliphatic rings. The number of benzene rings is 1. The molecule has 0 radical (unpaired) electrons. The van der Waals surface area contributed by atoms with E-state index >= 15 is 0 Å². The van der Waals surface area contributed by atoms with Crippen LogP contribution in [0.25, 0.3) is 0 Å². The van der Waals surface area contributed by atoms with Gasteiger partial charge < -0.3 is 14.8 Å². The number of ether oxygens (including phenoxy) is 2. The Morgan fingerprint density at radius 1 is 1.20 bits per heavy atom. The van der Waals surface area contributed by atoms with Gasteiger partial charge in [-0.25, -0.2) is 0 Å². The van der Waals surface area contributed by atoms with Crippen LogP contribution in [0.5, 0.6) is 5.75 Å². The van der Waals surface area contributed by atoms with Crippen LogP contribution in [-0.4, -0.2) is 26.1 Å². The first kappa shape index (κ1) is 16.8. The van der Waals surface area contributed by atoms with Crippen LogP contribution in [0.4, 0.5) is 13.2 Å². The van der Waals surface area contributed by atoms with Gasteiger partial charge in [0.05, 0.1) is 0 Å². The zero-order valence-electron chi connectivity index (χ0n) is 11.7. The maximum Gasteiger partial charge on any atom is 0.573 e. The van der Waals surface area contributed by atoms with Crippen molar-refractivity contribution >= 4 is 0 Å². The second kappa shape index (κ2) is 8.11. The maximum atomic E-state index is 12.0. The predicted octanol–water partition coefficient (Wildman–Crippen LogP) is 3.66. The van der Waals surface area contributed by atoms with Gasteiger partial charge in [-0.05, 0) is 44.5 Å². The van der Waals surface area contributed by atoms with Gasteiger partial charge >= 0.3 is 6.36 Å². The smallest absolute Gasteiger partial charge is 0.406 e. The molecule has 1 rings (SSSR count). The van der Waals surface area contributed by atoms with E-state index in [0.717, 1.165) is 18.5 Å². The molecule has 0 aliphatic carbocycles. The van der Waals surface area contributed by atoms with Gasteiger partial charge in [-0.3, -0.25) is 0 Å². The highest BCUT2D eigenvalue weighted by Gasteiger charge is 2.30. The van der Waals surface area contributed by atoms with Crippen molar-refractivity contribution in [3.05, 3.63) is 29.8 Å². The first-order valence-corrected chi connectivity index (χ1v) is 6.59. The normalized spacial score (nSPS) is 13.2. The van der Waals surface area contributed by atoms with E-state index in [2.05, 4.69) is 10.1 Å². The lowest BCUT2D eigenvalue weighted by Gasteiger charge is -2.15. The average Bonchev–Trinajstić information content (AvgIpc) is 2.37. The van der Waals surface area contributed by atoms with Crippen molar-refractivity contribution in [2.24, 2.45) is 0 Å². The fraction of sp³-hybridized carbons (Fsp3) is 0.571. The molecule has 0 heterocycles. The standard InChI is InChI=1S/C14H20F3NO2/c1-3-19-10-4-9-18-11(2)12-5-7-13(8-6-12)20-14(15,16)17/h5-8,11,18H,3-4,9-10H2,1-2H3. The van der Waals surface area contributed by atoms with E-state index in [1.807, 2.05) is 13.8 Å². The van der Waals surface area contributed by atoms with Gasteiger partial charge in [0, 0.05) is 19.3 Å². The van der Waals surface area contributed by atoms with Crippen LogP contribution in [0.3, 0.4) is 0 Å². The average molecular weight is 291 g/mol. The van der Waals surface area contributed by atoms with Gasteiger partial charge in [0.15, 0.2) is 0 Å². The molecule has 0 aliphatic heterocycles. The summed E-state index contributed by atoms with van der Waals surface area (Å²) >= 11 is 0. The van der Waals surface area contributed by atoms with Crippen LogP contribution in [-0.2, 0) is 4.74 Å². The Morgan fingerprint density at radius 3 is 2.40 bits per heavy atom. The summed E-state index contributed by atoms with van der Waals surface area (Å²) in [5, 5.41) is 3.28. The highest BCUT2D eigenvalue weighted by molar-refractivity contribution is 5.29. The van der Waals surface area contributed by atoms with E-state index in [-0.39, 0.29) is 11.8 Å². The molecule has 1 atom stereocenters. The van der Waals surface area contributed by atoms with E-state index < -0.39 is 6.36 Å². The van der Waals surface area contributed by atoms with Crippen LogP contribution >= 0.6 is 0 Å². The fourth-order valence-corrected chi connectivity index (χ4v) is 1.71. The molecule has 114 valence electrons. The quantitative estimate of drug-likeness (QED) is 0.741. The Morgan fingerprint density at radius 2 is 1.85 bits per heavy atom. The molecular formula is C14H20F3NO2. The molecule has 1 aromatic rings. The van der Waals surface area contributed by atoms with Crippen molar-refractivity contribution in [3.8, 4) is 5.75 Å². The molecule has 0 saturated heterocycles. The van der Waals surface area contributed by atoms with E-state index in [0.29, 0.717) is 13.2 Å². The minimum absolute atomic E-state index is 0.0663. The van der Waals surface area contributed by atoms with Crippen molar-refractivity contribution < 1.29 is 22.6 Å². The van der Waals surface area contributed by atoms with E-state index in [1.165, 1.54) is 12.1 Å². The Hall–Kier alpha value is -1.27. The van der Waals surface area contributed by atoms with Crippen molar-refractivity contribution in [1.82, 2.24) is 5.32 Å². The Balaban J connectivity index is 2.39.